The molecule has 5 amide bonds. The van der Waals surface area contributed by atoms with Crippen LogP contribution in [-0.2, 0) is 24.4 Å². The summed E-state index contributed by atoms with van der Waals surface area (Å²) in [5.74, 6) is -1.40. The van der Waals surface area contributed by atoms with Crippen LogP contribution in [0.3, 0.4) is 0 Å². The van der Waals surface area contributed by atoms with Gasteiger partial charge in [0.25, 0.3) is 11.8 Å². The minimum Gasteiger partial charge on any atom is -0.494 e. The lowest BCUT2D eigenvalue weighted by atomic mass is 10.0. The molecule has 3 aliphatic rings. The van der Waals surface area contributed by atoms with Gasteiger partial charge < -0.3 is 25.6 Å². The van der Waals surface area contributed by atoms with Crippen LogP contribution < -0.4 is 35.2 Å². The van der Waals surface area contributed by atoms with E-state index < -0.39 is 39.7 Å². The average Bonchev–Trinajstić information content (AvgIpc) is 3.56. The van der Waals surface area contributed by atoms with Gasteiger partial charge in [-0.2, -0.15) is 4.98 Å². The fourth-order valence-electron chi connectivity index (χ4n) is 8.52. The predicted octanol–water partition coefficient (Wildman–Crippen LogP) is 6.69. The highest BCUT2D eigenvalue weighted by atomic mass is 35.5. The summed E-state index contributed by atoms with van der Waals surface area (Å²) in [4.78, 5) is 77.9. The van der Waals surface area contributed by atoms with E-state index in [2.05, 4.69) is 41.0 Å². The minimum atomic E-state index is -3.51. The third kappa shape index (κ3) is 12.0. The van der Waals surface area contributed by atoms with Crippen molar-refractivity contribution in [1.82, 2.24) is 25.1 Å². The molecule has 67 heavy (non-hydrogen) atoms. The van der Waals surface area contributed by atoms with Crippen LogP contribution in [0.25, 0.3) is 0 Å². The molecule has 18 nitrogen and oxygen atoms in total. The van der Waals surface area contributed by atoms with E-state index in [0.717, 1.165) is 88.1 Å². The molecular formula is C47H57ClN10O8S. The van der Waals surface area contributed by atoms with E-state index in [9.17, 15) is 32.4 Å². The standard InChI is InChI=1S/C47H57ClN10O8S/c1-55(67(3,64)65)37-18-12-11-16-34(37)51-43-33(48)30-49-47(54-43)52-35-21-20-31(29-39(35)66-2)57-27-25-56(26-28-57)24-13-9-7-5-4-6-8-10-19-40(59)50-36-17-14-15-32-42(36)46(63)58(45(32)62)38-22-23-41(60)53-44(38)61/h11-12,14-18,20-21,29-30,38H,4-10,13,19,22-28H2,1-3H3,(H,50,59)(H,53,60,61)(H2,49,51,52,54). The first-order chi connectivity index (χ1) is 32.2. The number of nitrogens with zero attached hydrogens (tertiary/aromatic N) is 6. The van der Waals surface area contributed by atoms with Gasteiger partial charge in [-0.25, -0.2) is 13.4 Å². The van der Waals surface area contributed by atoms with Crippen LogP contribution in [-0.4, -0.2) is 117 Å². The molecule has 0 bridgehead atoms. The number of anilines is 7. The Morgan fingerprint density at radius 2 is 1.57 bits per heavy atom. The van der Waals surface area contributed by atoms with Crippen molar-refractivity contribution >= 4 is 91.4 Å². The number of unbranched alkanes of at least 4 members (excludes halogenated alkanes) is 7. The number of nitrogens with one attached hydrogen (secondary N) is 4. The summed E-state index contributed by atoms with van der Waals surface area (Å²) in [6.45, 7) is 4.79. The van der Waals surface area contributed by atoms with Gasteiger partial charge in [-0.05, 0) is 62.2 Å². The van der Waals surface area contributed by atoms with Crippen molar-refractivity contribution in [3.8, 4) is 5.75 Å². The zero-order chi connectivity index (χ0) is 47.7. The monoisotopic (exact) mass is 956 g/mol. The van der Waals surface area contributed by atoms with Crippen molar-refractivity contribution in [2.45, 2.75) is 76.7 Å². The minimum absolute atomic E-state index is 0.0345. The highest BCUT2D eigenvalue weighted by Gasteiger charge is 2.45. The molecule has 0 spiro atoms. The molecule has 4 aromatic rings. The molecule has 7 rings (SSSR count). The first kappa shape index (κ1) is 48.6. The molecule has 4 N–H and O–H groups in total. The van der Waals surface area contributed by atoms with Gasteiger partial charge in [0.05, 0.1) is 53.4 Å². The van der Waals surface area contributed by atoms with Gasteiger partial charge in [0, 0.05) is 57.8 Å². The van der Waals surface area contributed by atoms with Crippen molar-refractivity contribution in [3.63, 3.8) is 0 Å². The van der Waals surface area contributed by atoms with E-state index >= 15 is 0 Å². The van der Waals surface area contributed by atoms with Crippen LogP contribution in [0.15, 0.2) is 66.9 Å². The Kier molecular flexibility index (Phi) is 16.0. The molecule has 0 aliphatic carbocycles. The maximum absolute atomic E-state index is 13.3. The number of sulfonamides is 1. The maximum Gasteiger partial charge on any atom is 0.264 e. The Bertz CT molecular complexity index is 2610. The van der Waals surface area contributed by atoms with Gasteiger partial charge in [-0.3, -0.25) is 43.4 Å². The Balaban J connectivity index is 0.773. The summed E-state index contributed by atoms with van der Waals surface area (Å²) in [5, 5.41) is 11.6. The lowest BCUT2D eigenvalue weighted by Gasteiger charge is -2.36. The lowest BCUT2D eigenvalue weighted by Crippen LogP contribution is -2.54. The number of amides is 5. The first-order valence-corrected chi connectivity index (χ1v) is 24.8. The number of ether oxygens (including phenoxy) is 1. The summed E-state index contributed by atoms with van der Waals surface area (Å²) >= 11 is 6.46. The normalized spacial score (nSPS) is 16.4. The lowest BCUT2D eigenvalue weighted by molar-refractivity contribution is -0.136. The predicted molar refractivity (Wildman–Crippen MR) is 258 cm³/mol. The van der Waals surface area contributed by atoms with Gasteiger partial charge in [-0.1, -0.05) is 68.3 Å². The third-order valence-electron chi connectivity index (χ3n) is 12.3. The van der Waals surface area contributed by atoms with Crippen LogP contribution >= 0.6 is 11.6 Å². The molecule has 0 radical (unpaired) electrons. The van der Waals surface area contributed by atoms with Gasteiger partial charge in [-0.15, -0.1) is 0 Å². The molecule has 0 saturated carbocycles. The maximum atomic E-state index is 13.3. The van der Waals surface area contributed by atoms with Crippen molar-refractivity contribution in [1.29, 1.82) is 0 Å². The fraction of sp³-hybridized carbons (Fsp3) is 0.426. The van der Waals surface area contributed by atoms with Crippen LogP contribution in [0.5, 0.6) is 5.75 Å². The zero-order valence-electron chi connectivity index (χ0n) is 38.0. The number of methoxy groups -OCH3 is 1. The molecular weight excluding hydrogens is 900 g/mol. The number of aromatic nitrogens is 2. The van der Waals surface area contributed by atoms with Crippen LogP contribution in [0.2, 0.25) is 5.02 Å². The van der Waals surface area contributed by atoms with E-state index in [1.54, 1.807) is 43.5 Å². The fourth-order valence-corrected chi connectivity index (χ4v) is 9.17. The van der Waals surface area contributed by atoms with Gasteiger partial charge in [0.1, 0.15) is 16.8 Å². The van der Waals surface area contributed by atoms with Crippen molar-refractivity contribution in [2.75, 3.05) is 78.3 Å². The summed E-state index contributed by atoms with van der Waals surface area (Å²) in [5.41, 5.74) is 3.14. The number of hydrogen-bond donors (Lipinski definition) is 4. The Morgan fingerprint density at radius 3 is 2.28 bits per heavy atom. The molecule has 1 atom stereocenters. The van der Waals surface area contributed by atoms with Gasteiger partial charge in [0.15, 0.2) is 5.82 Å². The molecule has 356 valence electrons. The SMILES string of the molecule is COc1cc(N2CCN(CCCCCCCCCCC(=O)Nc3cccc4c3C(=O)N(C3CCC(=O)NC3=O)C4=O)CC2)ccc1Nc1ncc(Cl)c(Nc2ccccc2N(C)S(C)(=O)=O)n1. The van der Waals surface area contributed by atoms with Gasteiger partial charge in [0.2, 0.25) is 33.7 Å². The number of piperidine rings is 1. The number of piperazine rings is 1. The van der Waals surface area contributed by atoms with Crippen LogP contribution in [0.4, 0.5) is 40.2 Å². The number of imide groups is 2. The molecule has 4 heterocycles. The largest absolute Gasteiger partial charge is 0.494 e. The molecule has 2 saturated heterocycles. The smallest absolute Gasteiger partial charge is 0.264 e. The van der Waals surface area contributed by atoms with E-state index in [4.69, 9.17) is 16.3 Å². The number of benzene rings is 3. The van der Waals surface area contributed by atoms with Crippen molar-refractivity contribution in [2.24, 2.45) is 0 Å². The molecule has 1 aromatic heterocycles. The number of hydrogen-bond acceptors (Lipinski definition) is 14. The van der Waals surface area contributed by atoms with Crippen LogP contribution in [0, 0.1) is 0 Å². The number of para-hydroxylation sites is 2. The number of fused-ring (bicyclic) bond motifs is 1. The summed E-state index contributed by atoms with van der Waals surface area (Å²) in [6, 6.07) is 16.6. The molecule has 3 aromatic carbocycles. The van der Waals surface area contributed by atoms with E-state index in [-0.39, 0.29) is 46.5 Å². The second kappa shape index (κ2) is 22.0. The summed E-state index contributed by atoms with van der Waals surface area (Å²) in [7, 11) is -0.409. The first-order valence-electron chi connectivity index (χ1n) is 22.6. The highest BCUT2D eigenvalue weighted by Crippen LogP contribution is 2.36. The molecule has 20 heteroatoms. The highest BCUT2D eigenvalue weighted by molar-refractivity contribution is 7.92. The van der Waals surface area contributed by atoms with Crippen LogP contribution in [0.1, 0.15) is 91.3 Å². The summed E-state index contributed by atoms with van der Waals surface area (Å²) < 4.78 is 31.4. The average molecular weight is 958 g/mol. The second-order valence-corrected chi connectivity index (χ2v) is 19.3. The van der Waals surface area contributed by atoms with E-state index in [1.807, 2.05) is 18.2 Å². The molecule has 2 fully saturated rings. The van der Waals surface area contributed by atoms with Crippen molar-refractivity contribution in [3.05, 3.63) is 83.0 Å². The Morgan fingerprint density at radius 1 is 0.866 bits per heavy atom. The Labute approximate surface area is 395 Å². The second-order valence-electron chi connectivity index (χ2n) is 16.9. The van der Waals surface area contributed by atoms with Crippen molar-refractivity contribution < 1.29 is 37.1 Å². The summed E-state index contributed by atoms with van der Waals surface area (Å²) in [6.07, 6.45) is 11.4. The van der Waals surface area contributed by atoms with Gasteiger partial charge >= 0.3 is 0 Å². The quantitative estimate of drug-likeness (QED) is 0.0506. The number of carbonyl (C=O) groups excluding carboxylic acids is 5. The number of carbonyl (C=O) groups is 5. The Hall–Kier alpha value is -6.31. The number of rotatable bonds is 21. The number of halogens is 1. The van der Waals surface area contributed by atoms with E-state index in [1.165, 1.54) is 30.0 Å². The molecule has 3 aliphatic heterocycles. The topological polar surface area (TPSA) is 216 Å². The zero-order valence-corrected chi connectivity index (χ0v) is 39.5. The molecule has 1 unspecified atom stereocenters. The van der Waals surface area contributed by atoms with E-state index in [0.29, 0.717) is 41.5 Å². The third-order valence-corrected chi connectivity index (χ3v) is 13.7.